The second-order valence-corrected chi connectivity index (χ2v) is 8.25. The number of likely N-dealkylation sites (tertiary alicyclic amines) is 1. The van der Waals surface area contributed by atoms with Gasteiger partial charge in [0.1, 0.15) is 5.75 Å². The number of nitrogens with zero attached hydrogens (tertiary/aromatic N) is 1. The first-order valence-electron chi connectivity index (χ1n) is 9.01. The fourth-order valence-corrected chi connectivity index (χ4v) is 4.14. The third kappa shape index (κ3) is 5.01. The van der Waals surface area contributed by atoms with Gasteiger partial charge in [-0.05, 0) is 61.2 Å². The molecule has 0 unspecified atom stereocenters. The summed E-state index contributed by atoms with van der Waals surface area (Å²) in [6.45, 7) is 1.73. The van der Waals surface area contributed by atoms with Gasteiger partial charge in [-0.25, -0.2) is 8.42 Å². The molecule has 2 aromatic carbocycles. The second kappa shape index (κ2) is 8.43. The number of sulfonamides is 1. The number of carbonyl (C=O) groups excluding carboxylic acids is 1. The Balaban J connectivity index is 1.58. The van der Waals surface area contributed by atoms with Crippen LogP contribution in [0, 0.1) is 0 Å². The van der Waals surface area contributed by atoms with Crippen molar-refractivity contribution in [3.05, 3.63) is 54.1 Å². The number of ether oxygens (including phenoxy) is 1. The van der Waals surface area contributed by atoms with E-state index < -0.39 is 10.0 Å². The van der Waals surface area contributed by atoms with Crippen molar-refractivity contribution in [2.45, 2.75) is 30.6 Å². The highest BCUT2D eigenvalue weighted by atomic mass is 32.2. The van der Waals surface area contributed by atoms with Gasteiger partial charge in [-0.1, -0.05) is 12.1 Å². The molecule has 0 spiro atoms. The Bertz CT molecular complexity index is 871. The average molecular weight is 388 g/mol. The summed E-state index contributed by atoms with van der Waals surface area (Å²) in [6, 6.07) is 13.4. The number of methoxy groups -OCH3 is 1. The molecule has 0 atom stereocenters. The van der Waals surface area contributed by atoms with Crippen molar-refractivity contribution in [2.75, 3.05) is 24.9 Å². The SMILES string of the molecule is COc1ccc(S(=O)(=O)Nc2ccc(CCC(=O)N3CCCC3)cc2)cc1. The van der Waals surface area contributed by atoms with Crippen molar-refractivity contribution < 1.29 is 17.9 Å². The highest BCUT2D eigenvalue weighted by Crippen LogP contribution is 2.20. The standard InChI is InChI=1S/C20H24N2O4S/c1-26-18-9-11-19(12-10-18)27(24,25)21-17-7-4-16(5-8-17)6-13-20(23)22-14-2-3-15-22/h4-5,7-12,21H,2-3,6,13-15H2,1H3. The molecule has 0 aromatic heterocycles. The summed E-state index contributed by atoms with van der Waals surface area (Å²) in [5, 5.41) is 0. The highest BCUT2D eigenvalue weighted by Gasteiger charge is 2.17. The number of amides is 1. The first kappa shape index (κ1) is 19.2. The largest absolute Gasteiger partial charge is 0.497 e. The van der Waals surface area contributed by atoms with Crippen LogP contribution in [0.2, 0.25) is 0 Å². The number of nitrogens with one attached hydrogen (secondary N) is 1. The molecule has 1 N–H and O–H groups in total. The minimum Gasteiger partial charge on any atom is -0.497 e. The van der Waals surface area contributed by atoms with Crippen LogP contribution in [0.4, 0.5) is 5.69 Å². The molecule has 0 saturated carbocycles. The quantitative estimate of drug-likeness (QED) is 0.791. The van der Waals surface area contributed by atoms with Crippen molar-refractivity contribution in [1.29, 1.82) is 0 Å². The molecule has 144 valence electrons. The van der Waals surface area contributed by atoms with Gasteiger partial charge in [0, 0.05) is 25.2 Å². The molecule has 0 bridgehead atoms. The van der Waals surface area contributed by atoms with Crippen molar-refractivity contribution in [2.24, 2.45) is 0 Å². The van der Waals surface area contributed by atoms with E-state index in [9.17, 15) is 13.2 Å². The molecule has 0 aliphatic carbocycles. The molecule has 1 amide bonds. The molecule has 1 fully saturated rings. The molecule has 7 heteroatoms. The summed E-state index contributed by atoms with van der Waals surface area (Å²) in [5.41, 5.74) is 1.50. The maximum atomic E-state index is 12.4. The van der Waals surface area contributed by atoms with Gasteiger partial charge in [-0.15, -0.1) is 0 Å². The third-order valence-corrected chi connectivity index (χ3v) is 6.06. The fourth-order valence-electron chi connectivity index (χ4n) is 3.08. The van der Waals surface area contributed by atoms with Crippen LogP contribution in [0.15, 0.2) is 53.4 Å². The Labute approximate surface area is 160 Å². The Morgan fingerprint density at radius 3 is 2.26 bits per heavy atom. The van der Waals surface area contributed by atoms with E-state index in [1.807, 2.05) is 17.0 Å². The Morgan fingerprint density at radius 1 is 1.04 bits per heavy atom. The number of benzene rings is 2. The molecule has 1 heterocycles. The molecule has 1 aliphatic heterocycles. The first-order chi connectivity index (χ1) is 13.0. The van der Waals surface area contributed by atoms with Gasteiger partial charge in [0.15, 0.2) is 0 Å². The monoisotopic (exact) mass is 388 g/mol. The lowest BCUT2D eigenvalue weighted by atomic mass is 10.1. The third-order valence-electron chi connectivity index (χ3n) is 4.66. The summed E-state index contributed by atoms with van der Waals surface area (Å²) < 4.78 is 32.5. The second-order valence-electron chi connectivity index (χ2n) is 6.57. The molecule has 1 saturated heterocycles. The Morgan fingerprint density at radius 2 is 1.67 bits per heavy atom. The summed E-state index contributed by atoms with van der Waals surface area (Å²) in [5.74, 6) is 0.790. The fraction of sp³-hybridized carbons (Fsp3) is 0.350. The zero-order chi connectivity index (χ0) is 19.3. The molecule has 3 rings (SSSR count). The van der Waals surface area contributed by atoms with Gasteiger partial charge >= 0.3 is 0 Å². The van der Waals surface area contributed by atoms with Crippen LogP contribution in [0.25, 0.3) is 0 Å². The number of hydrogen-bond donors (Lipinski definition) is 1. The minimum atomic E-state index is -3.65. The van der Waals surface area contributed by atoms with E-state index in [1.165, 1.54) is 19.2 Å². The lowest BCUT2D eigenvalue weighted by Crippen LogP contribution is -2.27. The Kier molecular flexibility index (Phi) is 6.01. The molecule has 1 aliphatic rings. The van der Waals surface area contributed by atoms with Crippen LogP contribution in [-0.2, 0) is 21.2 Å². The highest BCUT2D eigenvalue weighted by molar-refractivity contribution is 7.92. The topological polar surface area (TPSA) is 75.7 Å². The first-order valence-corrected chi connectivity index (χ1v) is 10.5. The van der Waals surface area contributed by atoms with E-state index in [2.05, 4.69) is 4.72 Å². The molecule has 27 heavy (non-hydrogen) atoms. The normalized spacial score (nSPS) is 14.2. The van der Waals surface area contributed by atoms with Gasteiger partial charge in [-0.3, -0.25) is 9.52 Å². The van der Waals surface area contributed by atoms with E-state index in [4.69, 9.17) is 4.74 Å². The van der Waals surface area contributed by atoms with Gasteiger partial charge in [0.25, 0.3) is 10.0 Å². The molecule has 2 aromatic rings. The van der Waals surface area contributed by atoms with Crippen molar-refractivity contribution >= 4 is 21.6 Å². The average Bonchev–Trinajstić information content (AvgIpc) is 3.22. The molecular formula is C20H24N2O4S. The number of anilines is 1. The predicted octanol–water partition coefficient (Wildman–Crippen LogP) is 3.05. The maximum Gasteiger partial charge on any atom is 0.261 e. The van der Waals surface area contributed by atoms with Crippen molar-refractivity contribution in [3.63, 3.8) is 0 Å². The maximum absolute atomic E-state index is 12.4. The van der Waals surface area contributed by atoms with Crippen molar-refractivity contribution in [1.82, 2.24) is 4.90 Å². The zero-order valence-electron chi connectivity index (χ0n) is 15.3. The molecule has 0 radical (unpaired) electrons. The van der Waals surface area contributed by atoms with Gasteiger partial charge in [0.2, 0.25) is 5.91 Å². The van der Waals surface area contributed by atoms with Gasteiger partial charge < -0.3 is 9.64 Å². The van der Waals surface area contributed by atoms with Gasteiger partial charge in [-0.2, -0.15) is 0 Å². The lowest BCUT2D eigenvalue weighted by molar-refractivity contribution is -0.130. The van der Waals surface area contributed by atoms with E-state index in [-0.39, 0.29) is 10.8 Å². The van der Waals surface area contributed by atoms with Crippen LogP contribution in [0.1, 0.15) is 24.8 Å². The summed E-state index contributed by atoms with van der Waals surface area (Å²) >= 11 is 0. The number of hydrogen-bond acceptors (Lipinski definition) is 4. The van der Waals surface area contributed by atoms with Crippen LogP contribution >= 0.6 is 0 Å². The molecular weight excluding hydrogens is 364 g/mol. The predicted molar refractivity (Wildman–Crippen MR) is 104 cm³/mol. The van der Waals surface area contributed by atoms with Crippen LogP contribution < -0.4 is 9.46 Å². The number of carbonyl (C=O) groups is 1. The summed E-state index contributed by atoms with van der Waals surface area (Å²) in [6.07, 6.45) is 3.32. The van der Waals surface area contributed by atoms with Crippen LogP contribution in [0.5, 0.6) is 5.75 Å². The Hall–Kier alpha value is -2.54. The van der Waals surface area contributed by atoms with Crippen LogP contribution in [-0.4, -0.2) is 39.4 Å². The van der Waals surface area contributed by atoms with Crippen molar-refractivity contribution in [3.8, 4) is 5.75 Å². The van der Waals surface area contributed by atoms with E-state index in [0.717, 1.165) is 31.5 Å². The van der Waals surface area contributed by atoms with Crippen LogP contribution in [0.3, 0.4) is 0 Å². The smallest absolute Gasteiger partial charge is 0.261 e. The van der Waals surface area contributed by atoms with E-state index >= 15 is 0 Å². The number of rotatable bonds is 7. The van der Waals surface area contributed by atoms with Gasteiger partial charge in [0.05, 0.1) is 12.0 Å². The minimum absolute atomic E-state index is 0.170. The number of aryl methyl sites for hydroxylation is 1. The lowest BCUT2D eigenvalue weighted by Gasteiger charge is -2.15. The zero-order valence-corrected chi connectivity index (χ0v) is 16.2. The summed E-state index contributed by atoms with van der Waals surface area (Å²) in [4.78, 5) is 14.2. The molecule has 6 nitrogen and oxygen atoms in total. The van der Waals surface area contributed by atoms with E-state index in [1.54, 1.807) is 24.3 Å². The summed E-state index contributed by atoms with van der Waals surface area (Å²) in [7, 11) is -2.12. The van der Waals surface area contributed by atoms with E-state index in [0.29, 0.717) is 24.3 Å².